The molecule has 0 radical (unpaired) electrons. The van der Waals surface area contributed by atoms with E-state index in [1.165, 1.54) is 6.20 Å². The molecule has 0 aliphatic carbocycles. The van der Waals surface area contributed by atoms with Gasteiger partial charge in [0.1, 0.15) is 21.0 Å². The zero-order valence-electron chi connectivity index (χ0n) is 15.1. The van der Waals surface area contributed by atoms with E-state index >= 15 is 0 Å². The van der Waals surface area contributed by atoms with Crippen LogP contribution in [-0.2, 0) is 6.54 Å². The van der Waals surface area contributed by atoms with Gasteiger partial charge in [0.2, 0.25) is 5.43 Å². The maximum Gasteiger partial charge on any atom is 0.341 e. The van der Waals surface area contributed by atoms with Crippen LogP contribution in [0.4, 0.5) is 5.69 Å². The van der Waals surface area contributed by atoms with Crippen LogP contribution in [0.15, 0.2) is 70.6 Å². The molecule has 2 N–H and O–H groups in total. The number of benzene rings is 2. The number of carbonyl (C=O) groups is 1. The standard InChI is InChI=1S/C21H18N2O3S2/c1-27-21-22-17-18(24)16(20(25)26)12-23(19(17)28-21)11-14-9-5-6-10-15(14)13-7-3-2-4-8-13/h2-10,12,21-22H,11H2,1H3,(H,25,26). The highest BCUT2D eigenvalue weighted by Gasteiger charge is 2.29. The lowest BCUT2D eigenvalue weighted by atomic mass is 9.99. The van der Waals surface area contributed by atoms with E-state index in [4.69, 9.17) is 0 Å². The zero-order valence-corrected chi connectivity index (χ0v) is 16.7. The molecule has 2 heterocycles. The Hall–Kier alpha value is -2.64. The van der Waals surface area contributed by atoms with E-state index < -0.39 is 11.4 Å². The lowest BCUT2D eigenvalue weighted by Gasteiger charge is -2.16. The van der Waals surface area contributed by atoms with Crippen molar-refractivity contribution in [3.05, 3.63) is 82.1 Å². The minimum absolute atomic E-state index is 0.0117. The Kier molecular flexibility index (Phi) is 5.19. The highest BCUT2D eigenvalue weighted by atomic mass is 32.2. The summed E-state index contributed by atoms with van der Waals surface area (Å²) in [6, 6.07) is 18.1. The van der Waals surface area contributed by atoms with Crippen LogP contribution in [0.3, 0.4) is 0 Å². The summed E-state index contributed by atoms with van der Waals surface area (Å²) in [7, 11) is 0. The third kappa shape index (κ3) is 3.43. The Balaban J connectivity index is 1.82. The number of aromatic carboxylic acids is 1. The Morgan fingerprint density at radius 2 is 1.89 bits per heavy atom. The predicted octanol–water partition coefficient (Wildman–Crippen LogP) is 4.43. The topological polar surface area (TPSA) is 71.3 Å². The summed E-state index contributed by atoms with van der Waals surface area (Å²) >= 11 is 3.12. The molecule has 4 rings (SSSR count). The lowest BCUT2D eigenvalue weighted by Crippen LogP contribution is -2.22. The number of rotatable bonds is 5. The summed E-state index contributed by atoms with van der Waals surface area (Å²) in [6.07, 6.45) is 3.41. The number of anilines is 1. The number of hydrogen-bond donors (Lipinski definition) is 2. The minimum Gasteiger partial charge on any atom is -0.477 e. The Morgan fingerprint density at radius 1 is 1.18 bits per heavy atom. The fraction of sp³-hybridized carbons (Fsp3) is 0.143. The van der Waals surface area contributed by atoms with Gasteiger partial charge in [-0.25, -0.2) is 4.79 Å². The molecule has 0 saturated heterocycles. The highest BCUT2D eigenvalue weighted by Crippen LogP contribution is 2.41. The molecule has 1 aliphatic rings. The van der Waals surface area contributed by atoms with Crippen molar-refractivity contribution in [1.82, 2.24) is 4.57 Å². The molecular formula is C21H18N2O3S2. The van der Waals surface area contributed by atoms with Gasteiger partial charge in [-0.1, -0.05) is 66.4 Å². The summed E-state index contributed by atoms with van der Waals surface area (Å²) in [5.74, 6) is -1.21. The van der Waals surface area contributed by atoms with Gasteiger partial charge in [0.05, 0.1) is 0 Å². The van der Waals surface area contributed by atoms with Crippen molar-refractivity contribution in [1.29, 1.82) is 0 Å². The average molecular weight is 411 g/mol. The van der Waals surface area contributed by atoms with Gasteiger partial charge in [0.25, 0.3) is 0 Å². The maximum atomic E-state index is 12.6. The van der Waals surface area contributed by atoms with E-state index in [1.54, 1.807) is 23.5 Å². The van der Waals surface area contributed by atoms with Crippen LogP contribution in [0.5, 0.6) is 0 Å². The molecule has 0 spiro atoms. The molecule has 1 atom stereocenters. The molecule has 1 unspecified atom stereocenters. The Bertz CT molecular complexity index is 1100. The maximum absolute atomic E-state index is 12.6. The van der Waals surface area contributed by atoms with Crippen molar-refractivity contribution in [2.24, 2.45) is 0 Å². The number of fused-ring (bicyclic) bond motifs is 1. The first-order valence-corrected chi connectivity index (χ1v) is 10.9. The van der Waals surface area contributed by atoms with Gasteiger partial charge in [-0.3, -0.25) is 4.79 Å². The van der Waals surface area contributed by atoms with Crippen LogP contribution in [-0.4, -0.2) is 26.6 Å². The van der Waals surface area contributed by atoms with Crippen molar-refractivity contribution in [3.8, 4) is 11.1 Å². The van der Waals surface area contributed by atoms with Gasteiger partial charge in [0.15, 0.2) is 0 Å². The van der Waals surface area contributed by atoms with Crippen molar-refractivity contribution < 1.29 is 9.90 Å². The first-order valence-electron chi connectivity index (χ1n) is 8.68. The van der Waals surface area contributed by atoms with E-state index in [1.807, 2.05) is 47.2 Å². The lowest BCUT2D eigenvalue weighted by molar-refractivity contribution is 0.0694. The number of pyridine rings is 1. The summed E-state index contributed by atoms with van der Waals surface area (Å²) in [5, 5.41) is 13.4. The van der Waals surface area contributed by atoms with E-state index in [0.29, 0.717) is 12.2 Å². The summed E-state index contributed by atoms with van der Waals surface area (Å²) in [5.41, 5.74) is 2.95. The monoisotopic (exact) mass is 410 g/mol. The van der Waals surface area contributed by atoms with Crippen molar-refractivity contribution >= 4 is 35.2 Å². The quantitative estimate of drug-likeness (QED) is 0.649. The summed E-state index contributed by atoms with van der Waals surface area (Å²) in [6.45, 7) is 0.476. The molecule has 7 heteroatoms. The van der Waals surface area contributed by atoms with Gasteiger partial charge in [-0.2, -0.15) is 0 Å². The van der Waals surface area contributed by atoms with Crippen LogP contribution < -0.4 is 10.7 Å². The normalized spacial score (nSPS) is 15.1. The Labute approximate surface area is 170 Å². The number of aromatic nitrogens is 1. The minimum atomic E-state index is -1.21. The zero-order chi connectivity index (χ0) is 19.7. The number of thioether (sulfide) groups is 2. The summed E-state index contributed by atoms with van der Waals surface area (Å²) < 4.78 is 1.86. The average Bonchev–Trinajstić information content (AvgIpc) is 3.16. The van der Waals surface area contributed by atoms with E-state index in [2.05, 4.69) is 23.5 Å². The number of carboxylic acid groups (broad SMARTS) is 1. The molecule has 28 heavy (non-hydrogen) atoms. The van der Waals surface area contributed by atoms with Gasteiger partial charge in [-0.05, 0) is 22.9 Å². The third-order valence-electron chi connectivity index (χ3n) is 4.60. The first kappa shape index (κ1) is 18.7. The SMILES string of the molecule is CSC1Nc2c(n(Cc3ccccc3-c3ccccc3)cc(C(=O)O)c2=O)S1. The molecule has 2 aromatic carbocycles. The summed E-state index contributed by atoms with van der Waals surface area (Å²) in [4.78, 5) is 24.2. The second-order valence-corrected chi connectivity index (χ2v) is 8.67. The van der Waals surface area contributed by atoms with Crippen LogP contribution in [0.25, 0.3) is 11.1 Å². The Morgan fingerprint density at radius 3 is 2.61 bits per heavy atom. The molecule has 142 valence electrons. The number of hydrogen-bond acceptors (Lipinski definition) is 5. The van der Waals surface area contributed by atoms with Crippen LogP contribution in [0.1, 0.15) is 15.9 Å². The van der Waals surface area contributed by atoms with Crippen LogP contribution in [0.2, 0.25) is 0 Å². The molecular weight excluding hydrogens is 392 g/mol. The van der Waals surface area contributed by atoms with E-state index in [-0.39, 0.29) is 10.3 Å². The molecule has 1 aromatic heterocycles. The number of nitrogens with zero attached hydrogens (tertiary/aromatic N) is 1. The van der Waals surface area contributed by atoms with Gasteiger partial charge >= 0.3 is 5.97 Å². The fourth-order valence-corrected chi connectivity index (χ4v) is 5.06. The van der Waals surface area contributed by atoms with Gasteiger partial charge < -0.3 is 15.0 Å². The molecule has 0 amide bonds. The second-order valence-electron chi connectivity index (χ2n) is 6.34. The van der Waals surface area contributed by atoms with Crippen molar-refractivity contribution in [2.45, 2.75) is 16.3 Å². The van der Waals surface area contributed by atoms with Gasteiger partial charge in [-0.15, -0.1) is 11.8 Å². The number of carboxylic acids is 1. The highest BCUT2D eigenvalue weighted by molar-refractivity contribution is 8.17. The van der Waals surface area contributed by atoms with Crippen LogP contribution in [0, 0.1) is 0 Å². The molecule has 3 aromatic rings. The molecule has 0 fully saturated rings. The largest absolute Gasteiger partial charge is 0.477 e. The molecule has 5 nitrogen and oxygen atoms in total. The van der Waals surface area contributed by atoms with Crippen molar-refractivity contribution in [2.75, 3.05) is 11.6 Å². The fourth-order valence-electron chi connectivity index (χ4n) is 3.27. The van der Waals surface area contributed by atoms with Crippen molar-refractivity contribution in [3.63, 3.8) is 0 Å². The molecule has 0 bridgehead atoms. The molecule has 1 aliphatic heterocycles. The third-order valence-corrected chi connectivity index (χ3v) is 7.01. The van der Waals surface area contributed by atoms with E-state index in [9.17, 15) is 14.7 Å². The van der Waals surface area contributed by atoms with Crippen LogP contribution >= 0.6 is 23.5 Å². The second kappa shape index (κ2) is 7.77. The number of nitrogens with one attached hydrogen (secondary N) is 1. The molecule has 0 saturated carbocycles. The van der Waals surface area contributed by atoms with Gasteiger partial charge in [0, 0.05) is 12.7 Å². The smallest absolute Gasteiger partial charge is 0.341 e. The first-order chi connectivity index (χ1) is 13.6. The van der Waals surface area contributed by atoms with E-state index in [0.717, 1.165) is 21.7 Å². The predicted molar refractivity (Wildman–Crippen MR) is 115 cm³/mol.